The third-order valence-electron chi connectivity index (χ3n) is 4.69. The lowest BCUT2D eigenvalue weighted by Crippen LogP contribution is -2.14. The molecule has 0 aliphatic heterocycles. The molecule has 3 aromatic rings. The number of hydrogen-bond acceptors (Lipinski definition) is 5. The fraction of sp³-hybridized carbons (Fsp3) is 0.200. The number of aromatic nitrogens is 1. The Balaban J connectivity index is 1.90. The van der Waals surface area contributed by atoms with Crippen molar-refractivity contribution in [3.63, 3.8) is 0 Å². The van der Waals surface area contributed by atoms with Crippen LogP contribution in [0.15, 0.2) is 69.0 Å². The van der Waals surface area contributed by atoms with Crippen LogP contribution >= 0.6 is 0 Å². The van der Waals surface area contributed by atoms with Crippen molar-refractivity contribution >= 4 is 15.6 Å². The second-order valence-corrected chi connectivity index (χ2v) is 8.65. The van der Waals surface area contributed by atoms with E-state index in [4.69, 9.17) is 4.52 Å². The first kappa shape index (κ1) is 19.4. The maximum Gasteiger partial charge on any atom is 0.416 e. The molecule has 4 rings (SSSR count). The summed E-state index contributed by atoms with van der Waals surface area (Å²) in [6.07, 6.45) is -1.99. The predicted molar refractivity (Wildman–Crippen MR) is 95.2 cm³/mol. The number of ketones is 1. The van der Waals surface area contributed by atoms with Gasteiger partial charge >= 0.3 is 6.18 Å². The molecule has 0 saturated heterocycles. The van der Waals surface area contributed by atoms with E-state index in [0.29, 0.717) is 17.9 Å². The zero-order chi connectivity index (χ0) is 20.8. The quantitative estimate of drug-likeness (QED) is 0.561. The van der Waals surface area contributed by atoms with E-state index in [0.717, 1.165) is 18.9 Å². The lowest BCUT2D eigenvalue weighted by Gasteiger charge is -2.13. The van der Waals surface area contributed by atoms with Crippen LogP contribution < -0.4 is 0 Å². The van der Waals surface area contributed by atoms with E-state index >= 15 is 0 Å². The van der Waals surface area contributed by atoms with E-state index in [9.17, 15) is 26.4 Å². The first-order valence-corrected chi connectivity index (χ1v) is 10.2. The summed E-state index contributed by atoms with van der Waals surface area (Å²) in [4.78, 5) is 12.2. The maximum absolute atomic E-state index is 13.2. The minimum Gasteiger partial charge on any atom is -0.360 e. The molecule has 2 aromatic carbocycles. The van der Waals surface area contributed by atoms with E-state index in [1.807, 2.05) is 0 Å². The molecule has 9 heteroatoms. The highest BCUT2D eigenvalue weighted by Gasteiger charge is 2.37. The first-order chi connectivity index (χ1) is 13.7. The SMILES string of the molecule is O=C(c1ccc(C(F)(F)F)cc1S(=O)(=O)c1ccccc1)c1cnoc1C1CC1. The summed E-state index contributed by atoms with van der Waals surface area (Å²) in [7, 11) is -4.38. The summed E-state index contributed by atoms with van der Waals surface area (Å²) in [6, 6.07) is 9.10. The maximum atomic E-state index is 13.2. The van der Waals surface area contributed by atoms with Gasteiger partial charge in [-0.3, -0.25) is 4.79 Å². The van der Waals surface area contributed by atoms with Gasteiger partial charge in [0, 0.05) is 11.5 Å². The molecular formula is C20H14F3NO4S. The summed E-state index contributed by atoms with van der Waals surface area (Å²) in [5.41, 5.74) is -1.44. The number of alkyl halides is 3. The van der Waals surface area contributed by atoms with E-state index in [2.05, 4.69) is 5.16 Å². The lowest BCUT2D eigenvalue weighted by molar-refractivity contribution is -0.137. The van der Waals surface area contributed by atoms with Crippen LogP contribution in [0.3, 0.4) is 0 Å². The minimum absolute atomic E-state index is 0.0140. The van der Waals surface area contributed by atoms with E-state index < -0.39 is 32.3 Å². The van der Waals surface area contributed by atoms with Crippen molar-refractivity contribution in [1.82, 2.24) is 5.16 Å². The normalized spacial score (nSPS) is 14.7. The van der Waals surface area contributed by atoms with Gasteiger partial charge in [-0.1, -0.05) is 23.4 Å². The highest BCUT2D eigenvalue weighted by Crippen LogP contribution is 2.42. The van der Waals surface area contributed by atoms with Crippen LogP contribution in [0.5, 0.6) is 0 Å². The molecule has 1 aliphatic carbocycles. The van der Waals surface area contributed by atoms with Crippen molar-refractivity contribution < 1.29 is 30.9 Å². The van der Waals surface area contributed by atoms with Gasteiger partial charge in [0.15, 0.2) is 11.5 Å². The van der Waals surface area contributed by atoms with Crippen LogP contribution in [0.2, 0.25) is 0 Å². The molecule has 1 heterocycles. The minimum atomic E-state index is -4.76. The molecule has 1 aromatic heterocycles. The summed E-state index contributed by atoms with van der Waals surface area (Å²) in [5, 5.41) is 3.61. The molecule has 0 spiro atoms. The Morgan fingerprint density at radius 1 is 1.03 bits per heavy atom. The zero-order valence-corrected chi connectivity index (χ0v) is 15.6. The Morgan fingerprint density at radius 3 is 2.34 bits per heavy atom. The number of benzene rings is 2. The van der Waals surface area contributed by atoms with Crippen molar-refractivity contribution in [2.45, 2.75) is 34.7 Å². The average Bonchev–Trinajstić information content (AvgIpc) is 3.43. The number of rotatable bonds is 5. The molecular weight excluding hydrogens is 407 g/mol. The number of halogens is 3. The fourth-order valence-corrected chi connectivity index (χ4v) is 4.54. The van der Waals surface area contributed by atoms with Gasteiger partial charge < -0.3 is 4.52 Å². The number of carbonyl (C=O) groups is 1. The van der Waals surface area contributed by atoms with Crippen LogP contribution in [0.1, 0.15) is 46.0 Å². The Morgan fingerprint density at radius 2 is 1.72 bits per heavy atom. The van der Waals surface area contributed by atoms with Crippen LogP contribution in [0, 0.1) is 0 Å². The van der Waals surface area contributed by atoms with Gasteiger partial charge in [-0.2, -0.15) is 13.2 Å². The van der Waals surface area contributed by atoms with Crippen molar-refractivity contribution in [2.24, 2.45) is 0 Å². The molecule has 1 fully saturated rings. The molecule has 29 heavy (non-hydrogen) atoms. The van der Waals surface area contributed by atoms with Gasteiger partial charge in [0.2, 0.25) is 9.84 Å². The van der Waals surface area contributed by atoms with Crippen molar-refractivity contribution in [1.29, 1.82) is 0 Å². The molecule has 0 radical (unpaired) electrons. The Bertz CT molecular complexity index is 1180. The zero-order valence-electron chi connectivity index (χ0n) is 14.8. The number of sulfone groups is 1. The van der Waals surface area contributed by atoms with E-state index in [-0.39, 0.29) is 21.9 Å². The first-order valence-electron chi connectivity index (χ1n) is 8.70. The van der Waals surface area contributed by atoms with Gasteiger partial charge in [-0.25, -0.2) is 8.42 Å². The van der Waals surface area contributed by atoms with Crippen LogP contribution in [0.25, 0.3) is 0 Å². The lowest BCUT2D eigenvalue weighted by atomic mass is 10.0. The Hall–Kier alpha value is -2.94. The van der Waals surface area contributed by atoms with Gasteiger partial charge in [0.25, 0.3) is 0 Å². The van der Waals surface area contributed by atoms with Crippen LogP contribution in [-0.2, 0) is 16.0 Å². The van der Waals surface area contributed by atoms with Gasteiger partial charge in [-0.05, 0) is 43.2 Å². The summed E-state index contributed by atoms with van der Waals surface area (Å²) >= 11 is 0. The third-order valence-corrected chi connectivity index (χ3v) is 6.50. The number of hydrogen-bond donors (Lipinski definition) is 0. The Labute approximate surface area is 164 Å². The van der Waals surface area contributed by atoms with Crippen molar-refractivity contribution in [2.75, 3.05) is 0 Å². The topological polar surface area (TPSA) is 77.2 Å². The summed E-state index contributed by atoms with van der Waals surface area (Å²) in [5.74, 6) is -0.394. The smallest absolute Gasteiger partial charge is 0.360 e. The van der Waals surface area contributed by atoms with Crippen LogP contribution in [-0.4, -0.2) is 19.4 Å². The fourth-order valence-electron chi connectivity index (χ4n) is 3.04. The van der Waals surface area contributed by atoms with Crippen molar-refractivity contribution in [3.05, 3.63) is 77.2 Å². The molecule has 0 bridgehead atoms. The molecule has 150 valence electrons. The van der Waals surface area contributed by atoms with E-state index in [1.165, 1.54) is 30.5 Å². The number of nitrogens with zero attached hydrogens (tertiary/aromatic N) is 1. The molecule has 1 aliphatic rings. The molecule has 0 amide bonds. The Kier molecular flexibility index (Phi) is 4.57. The standard InChI is InChI=1S/C20H14F3NO4S/c21-20(22,23)13-8-9-15(18(25)16-11-24-28-19(16)12-6-7-12)17(10-13)29(26,27)14-4-2-1-3-5-14/h1-5,8-12H,6-7H2. The largest absolute Gasteiger partial charge is 0.416 e. The highest BCUT2D eigenvalue weighted by atomic mass is 32.2. The predicted octanol–water partition coefficient (Wildman–Crippen LogP) is 4.63. The van der Waals surface area contributed by atoms with E-state index in [1.54, 1.807) is 6.07 Å². The third kappa shape index (κ3) is 3.57. The highest BCUT2D eigenvalue weighted by molar-refractivity contribution is 7.91. The molecule has 5 nitrogen and oxygen atoms in total. The summed E-state index contributed by atoms with van der Waals surface area (Å²) < 4.78 is 71.0. The number of carbonyl (C=O) groups excluding carboxylic acids is 1. The van der Waals surface area contributed by atoms with Crippen molar-refractivity contribution in [3.8, 4) is 0 Å². The second-order valence-electron chi connectivity index (χ2n) is 6.73. The van der Waals surface area contributed by atoms with Gasteiger partial charge in [-0.15, -0.1) is 0 Å². The van der Waals surface area contributed by atoms with Gasteiger partial charge in [0.05, 0.1) is 27.1 Å². The van der Waals surface area contributed by atoms with Gasteiger partial charge in [0.1, 0.15) is 0 Å². The average molecular weight is 421 g/mol. The second kappa shape index (κ2) is 6.84. The molecule has 1 saturated carbocycles. The molecule has 0 unspecified atom stereocenters. The molecule has 0 atom stereocenters. The molecule has 0 N–H and O–H groups in total. The monoisotopic (exact) mass is 421 g/mol. The van der Waals surface area contributed by atoms with Crippen LogP contribution in [0.4, 0.5) is 13.2 Å². The summed E-state index contributed by atoms with van der Waals surface area (Å²) in [6.45, 7) is 0.